The Bertz CT molecular complexity index is 992. The lowest BCUT2D eigenvalue weighted by Gasteiger charge is -2.25. The topological polar surface area (TPSA) is 87.7 Å². The minimum atomic E-state index is -1.13. The minimum Gasteiger partial charge on any atom is -0.492 e. The molecule has 2 N–H and O–H groups in total. The van der Waals surface area contributed by atoms with Crippen molar-refractivity contribution in [1.29, 1.82) is 0 Å². The smallest absolute Gasteiger partial charge is 0.325 e. The maximum Gasteiger partial charge on any atom is 0.325 e. The van der Waals surface area contributed by atoms with E-state index in [4.69, 9.17) is 4.74 Å². The van der Waals surface area contributed by atoms with Crippen molar-refractivity contribution in [3.8, 4) is 5.75 Å². The third-order valence-corrected chi connectivity index (χ3v) is 6.04. The number of urea groups is 1. The summed E-state index contributed by atoms with van der Waals surface area (Å²) in [5.41, 5.74) is 2.29. The van der Waals surface area contributed by atoms with Gasteiger partial charge in [-0.3, -0.25) is 14.5 Å². The van der Waals surface area contributed by atoms with Crippen molar-refractivity contribution in [2.24, 2.45) is 0 Å². The molecule has 0 radical (unpaired) electrons. The Labute approximate surface area is 181 Å². The number of imide groups is 1. The molecule has 2 aliphatic rings. The zero-order chi connectivity index (χ0) is 21.8. The second-order valence-corrected chi connectivity index (χ2v) is 7.93. The van der Waals surface area contributed by atoms with E-state index in [2.05, 4.69) is 22.8 Å². The monoisotopic (exact) mass is 421 g/mol. The number of ether oxygens (including phenoxy) is 1. The maximum absolute atomic E-state index is 13.1. The molecule has 0 aromatic heterocycles. The molecule has 2 aromatic carbocycles. The van der Waals surface area contributed by atoms with Crippen LogP contribution in [0.25, 0.3) is 0 Å². The van der Waals surface area contributed by atoms with Gasteiger partial charge in [0.2, 0.25) is 5.91 Å². The molecule has 4 rings (SSSR count). The van der Waals surface area contributed by atoms with E-state index in [0.717, 1.165) is 23.5 Å². The summed E-state index contributed by atoms with van der Waals surface area (Å²) in [6, 6.07) is 14.7. The van der Waals surface area contributed by atoms with Crippen molar-refractivity contribution in [3.63, 3.8) is 0 Å². The van der Waals surface area contributed by atoms with E-state index in [-0.39, 0.29) is 13.1 Å². The Balaban J connectivity index is 1.29. The van der Waals surface area contributed by atoms with Crippen LogP contribution in [0.5, 0.6) is 5.75 Å². The van der Waals surface area contributed by atoms with Crippen LogP contribution in [-0.2, 0) is 28.0 Å². The van der Waals surface area contributed by atoms with Crippen LogP contribution in [0.2, 0.25) is 0 Å². The first kappa shape index (κ1) is 20.9. The number of hydrogen-bond acceptors (Lipinski definition) is 4. The van der Waals surface area contributed by atoms with E-state index in [1.165, 1.54) is 17.5 Å². The van der Waals surface area contributed by atoms with Crippen LogP contribution in [0.1, 0.15) is 36.5 Å². The fraction of sp³-hybridized carbons (Fsp3) is 0.375. The zero-order valence-corrected chi connectivity index (χ0v) is 17.6. The highest BCUT2D eigenvalue weighted by Gasteiger charge is 2.51. The predicted molar refractivity (Wildman–Crippen MR) is 116 cm³/mol. The van der Waals surface area contributed by atoms with Crippen LogP contribution in [0.15, 0.2) is 48.5 Å². The first-order valence-electron chi connectivity index (χ1n) is 10.7. The lowest BCUT2D eigenvalue weighted by atomic mass is 9.87. The van der Waals surface area contributed by atoms with E-state index in [1.807, 2.05) is 43.3 Å². The third kappa shape index (κ3) is 4.13. The molecule has 1 saturated heterocycles. The van der Waals surface area contributed by atoms with Gasteiger partial charge in [0.1, 0.15) is 24.4 Å². The van der Waals surface area contributed by atoms with Gasteiger partial charge in [0.25, 0.3) is 5.91 Å². The molecule has 0 bridgehead atoms. The van der Waals surface area contributed by atoms with Crippen LogP contribution >= 0.6 is 0 Å². The molecule has 162 valence electrons. The van der Waals surface area contributed by atoms with Crippen molar-refractivity contribution in [3.05, 3.63) is 65.2 Å². The lowest BCUT2D eigenvalue weighted by molar-refractivity contribution is -0.135. The second kappa shape index (κ2) is 8.79. The third-order valence-electron chi connectivity index (χ3n) is 6.04. The molecule has 4 amide bonds. The van der Waals surface area contributed by atoms with Crippen LogP contribution in [-0.4, -0.2) is 42.4 Å². The van der Waals surface area contributed by atoms with E-state index in [9.17, 15) is 14.4 Å². The van der Waals surface area contributed by atoms with Gasteiger partial charge in [-0.05, 0) is 54.5 Å². The summed E-state index contributed by atoms with van der Waals surface area (Å²) < 4.78 is 5.73. The number of aryl methyl sites for hydroxylation is 2. The summed E-state index contributed by atoms with van der Waals surface area (Å²) >= 11 is 0. The predicted octanol–water partition coefficient (Wildman–Crippen LogP) is 2.53. The van der Waals surface area contributed by atoms with E-state index in [0.29, 0.717) is 18.6 Å². The number of hydrogen-bond donors (Lipinski definition) is 2. The molecule has 0 spiro atoms. The number of fused-ring (bicyclic) bond motifs is 1. The molecular formula is C24H27N3O4. The molecule has 7 nitrogen and oxygen atoms in total. The SMILES string of the molecule is CCC1(c2ccccc2)NC(=O)N(CC(=O)NCCOc2ccc3c(c2)CCC3)C1=O. The summed E-state index contributed by atoms with van der Waals surface area (Å²) in [4.78, 5) is 38.8. The fourth-order valence-corrected chi connectivity index (χ4v) is 4.33. The number of carbonyl (C=O) groups excluding carboxylic acids is 3. The van der Waals surface area contributed by atoms with Crippen molar-refractivity contribution >= 4 is 17.8 Å². The van der Waals surface area contributed by atoms with Crippen molar-refractivity contribution in [1.82, 2.24) is 15.5 Å². The van der Waals surface area contributed by atoms with Crippen LogP contribution < -0.4 is 15.4 Å². The Kier molecular flexibility index (Phi) is 5.93. The first-order chi connectivity index (χ1) is 15.0. The summed E-state index contributed by atoms with van der Waals surface area (Å²) in [7, 11) is 0. The molecule has 1 aliphatic carbocycles. The van der Waals surface area contributed by atoms with Gasteiger partial charge >= 0.3 is 6.03 Å². The van der Waals surface area contributed by atoms with Gasteiger partial charge < -0.3 is 15.4 Å². The molecule has 1 atom stereocenters. The number of carbonyl (C=O) groups is 3. The maximum atomic E-state index is 13.1. The molecule has 0 saturated carbocycles. The number of nitrogens with one attached hydrogen (secondary N) is 2. The zero-order valence-electron chi connectivity index (χ0n) is 17.6. The summed E-state index contributed by atoms with van der Waals surface area (Å²) in [6.45, 7) is 2.12. The Morgan fingerprint density at radius 2 is 1.90 bits per heavy atom. The van der Waals surface area contributed by atoms with Crippen LogP contribution in [0, 0.1) is 0 Å². The van der Waals surface area contributed by atoms with Gasteiger partial charge in [-0.2, -0.15) is 0 Å². The average Bonchev–Trinajstić information content (AvgIpc) is 3.35. The highest BCUT2D eigenvalue weighted by Crippen LogP contribution is 2.32. The Morgan fingerprint density at radius 1 is 1.13 bits per heavy atom. The van der Waals surface area contributed by atoms with Crippen LogP contribution in [0.3, 0.4) is 0 Å². The average molecular weight is 421 g/mol. The Morgan fingerprint density at radius 3 is 2.68 bits per heavy atom. The summed E-state index contributed by atoms with van der Waals surface area (Å²) in [5.74, 6) is -0.0173. The van der Waals surface area contributed by atoms with Gasteiger partial charge in [0.05, 0.1) is 6.54 Å². The standard InChI is InChI=1S/C24H27N3O4/c1-2-24(19-9-4-3-5-10-19)22(29)27(23(30)26-24)16-21(28)25-13-14-31-20-12-11-17-7-6-8-18(17)15-20/h3-5,9-12,15H,2,6-8,13-14,16H2,1H3,(H,25,28)(H,26,30). The molecule has 2 aromatic rings. The summed E-state index contributed by atoms with van der Waals surface area (Å²) in [6.07, 6.45) is 3.78. The molecule has 1 heterocycles. The fourth-order valence-electron chi connectivity index (χ4n) is 4.33. The lowest BCUT2D eigenvalue weighted by Crippen LogP contribution is -2.45. The first-order valence-corrected chi connectivity index (χ1v) is 10.7. The normalized spacial score (nSPS) is 19.8. The van der Waals surface area contributed by atoms with Gasteiger partial charge in [0.15, 0.2) is 0 Å². The number of nitrogens with zero attached hydrogens (tertiary/aromatic N) is 1. The molecule has 1 aliphatic heterocycles. The van der Waals surface area contributed by atoms with Crippen LogP contribution in [0.4, 0.5) is 4.79 Å². The number of amides is 4. The Hall–Kier alpha value is -3.35. The molecule has 1 unspecified atom stereocenters. The van der Waals surface area contributed by atoms with Gasteiger partial charge in [-0.25, -0.2) is 4.79 Å². The molecular weight excluding hydrogens is 394 g/mol. The van der Waals surface area contributed by atoms with E-state index < -0.39 is 23.4 Å². The second-order valence-electron chi connectivity index (χ2n) is 7.93. The number of rotatable bonds is 8. The van der Waals surface area contributed by atoms with Gasteiger partial charge in [-0.1, -0.05) is 43.3 Å². The molecule has 1 fully saturated rings. The van der Waals surface area contributed by atoms with Crippen molar-refractivity contribution < 1.29 is 19.1 Å². The van der Waals surface area contributed by atoms with Crippen molar-refractivity contribution in [2.45, 2.75) is 38.1 Å². The van der Waals surface area contributed by atoms with E-state index in [1.54, 1.807) is 0 Å². The quantitative estimate of drug-likeness (QED) is 0.507. The summed E-state index contributed by atoms with van der Waals surface area (Å²) in [5, 5.41) is 5.50. The van der Waals surface area contributed by atoms with Gasteiger partial charge in [-0.15, -0.1) is 0 Å². The number of benzene rings is 2. The van der Waals surface area contributed by atoms with Gasteiger partial charge in [0, 0.05) is 0 Å². The van der Waals surface area contributed by atoms with Crippen molar-refractivity contribution in [2.75, 3.05) is 19.7 Å². The molecule has 7 heteroatoms. The highest BCUT2D eigenvalue weighted by molar-refractivity contribution is 6.09. The molecule has 31 heavy (non-hydrogen) atoms. The van der Waals surface area contributed by atoms with E-state index >= 15 is 0 Å². The largest absolute Gasteiger partial charge is 0.492 e. The minimum absolute atomic E-state index is 0.289. The highest BCUT2D eigenvalue weighted by atomic mass is 16.5.